The first-order valence-electron chi connectivity index (χ1n) is 9.57. The molecule has 1 aliphatic rings. The molecule has 8 nitrogen and oxygen atoms in total. The number of carbonyl (C=O) groups is 3. The van der Waals surface area contributed by atoms with Gasteiger partial charge >= 0.3 is 6.03 Å². The summed E-state index contributed by atoms with van der Waals surface area (Å²) in [6, 6.07) is 2.94. The molecule has 1 aromatic rings. The molecule has 0 aromatic carbocycles. The van der Waals surface area contributed by atoms with Gasteiger partial charge in [-0.25, -0.2) is 4.79 Å². The first-order chi connectivity index (χ1) is 13.0. The second-order valence-corrected chi connectivity index (χ2v) is 8.36. The van der Waals surface area contributed by atoms with E-state index in [0.717, 1.165) is 5.69 Å². The summed E-state index contributed by atoms with van der Waals surface area (Å²) in [6.07, 6.45) is 1.79. The fraction of sp³-hybridized carbons (Fsp3) is 0.600. The Morgan fingerprint density at radius 2 is 2.04 bits per heavy atom. The van der Waals surface area contributed by atoms with Gasteiger partial charge in [0.25, 0.3) is 5.91 Å². The van der Waals surface area contributed by atoms with Gasteiger partial charge in [-0.05, 0) is 18.1 Å². The number of aromatic nitrogens is 1. The van der Waals surface area contributed by atoms with Crippen LogP contribution in [0.3, 0.4) is 0 Å². The maximum atomic E-state index is 12.9. The largest absolute Gasteiger partial charge is 0.352 e. The lowest BCUT2D eigenvalue weighted by Crippen LogP contribution is -2.46. The summed E-state index contributed by atoms with van der Waals surface area (Å²) in [5.74, 6) is 0.140. The van der Waals surface area contributed by atoms with Gasteiger partial charge in [-0.15, -0.1) is 0 Å². The zero-order chi connectivity index (χ0) is 21.1. The van der Waals surface area contributed by atoms with Gasteiger partial charge in [-0.3, -0.25) is 14.6 Å². The summed E-state index contributed by atoms with van der Waals surface area (Å²) in [5, 5.41) is 2.42. The summed E-state index contributed by atoms with van der Waals surface area (Å²) < 4.78 is 0. The third kappa shape index (κ3) is 4.99. The number of likely N-dealkylation sites (tertiary alicyclic amines) is 1. The minimum absolute atomic E-state index is 0.0744. The van der Waals surface area contributed by atoms with Gasteiger partial charge in [0, 0.05) is 50.4 Å². The first-order valence-corrected chi connectivity index (χ1v) is 9.57. The lowest BCUT2D eigenvalue weighted by molar-refractivity contribution is -0.133. The number of hydrogen-bond donors (Lipinski definition) is 2. The predicted octanol–water partition coefficient (Wildman–Crippen LogP) is 1.57. The predicted molar refractivity (Wildman–Crippen MR) is 107 cm³/mol. The van der Waals surface area contributed by atoms with E-state index in [2.05, 4.69) is 38.0 Å². The van der Waals surface area contributed by atoms with Crippen LogP contribution < -0.4 is 11.1 Å². The summed E-state index contributed by atoms with van der Waals surface area (Å²) in [6.45, 7) is 9.43. The van der Waals surface area contributed by atoms with Crippen molar-refractivity contribution in [1.29, 1.82) is 0 Å². The number of pyridine rings is 1. The number of nitrogens with zero attached hydrogens (tertiary/aromatic N) is 3. The van der Waals surface area contributed by atoms with Crippen molar-refractivity contribution in [2.45, 2.75) is 46.1 Å². The van der Waals surface area contributed by atoms with Crippen molar-refractivity contribution in [3.05, 3.63) is 29.6 Å². The molecule has 2 heterocycles. The Morgan fingerprint density at radius 1 is 1.36 bits per heavy atom. The van der Waals surface area contributed by atoms with Gasteiger partial charge in [0.15, 0.2) is 0 Å². The minimum Gasteiger partial charge on any atom is -0.352 e. The Balaban J connectivity index is 2.05. The molecule has 0 saturated carbocycles. The Hall–Kier alpha value is -2.64. The normalized spacial score (nSPS) is 18.2. The highest BCUT2D eigenvalue weighted by atomic mass is 16.2. The standard InChI is InChI=1S/C20H31N5O3/c1-13(2)15-7-6-14(10-23-15)18(27)25-11-16(20(3,4)12-25)24(5)17(26)8-9-22-19(21)28/h6-7,10,13,16H,8-9,11-12H2,1-5H3,(H3,21,22,28). The highest BCUT2D eigenvalue weighted by Crippen LogP contribution is 2.34. The van der Waals surface area contributed by atoms with Crippen LogP contribution in [-0.4, -0.2) is 65.4 Å². The van der Waals surface area contributed by atoms with Crippen LogP contribution in [-0.2, 0) is 4.79 Å². The SMILES string of the molecule is CC(C)c1ccc(C(=O)N2CC(N(C)C(=O)CCNC(N)=O)C(C)(C)C2)cn1. The van der Waals surface area contributed by atoms with E-state index in [1.54, 1.807) is 23.0 Å². The molecule has 1 aromatic heterocycles. The third-order valence-electron chi connectivity index (χ3n) is 5.30. The molecule has 1 aliphatic heterocycles. The Bertz CT molecular complexity index is 730. The van der Waals surface area contributed by atoms with Gasteiger partial charge in [-0.2, -0.15) is 0 Å². The number of hydrogen-bond acceptors (Lipinski definition) is 4. The Morgan fingerprint density at radius 3 is 2.57 bits per heavy atom. The zero-order valence-electron chi connectivity index (χ0n) is 17.4. The van der Waals surface area contributed by atoms with Crippen LogP contribution in [0.4, 0.5) is 4.79 Å². The van der Waals surface area contributed by atoms with Crippen LogP contribution in [0.1, 0.15) is 56.1 Å². The molecule has 1 fully saturated rings. The third-order valence-corrected chi connectivity index (χ3v) is 5.30. The van der Waals surface area contributed by atoms with E-state index in [1.165, 1.54) is 0 Å². The Labute approximate surface area is 166 Å². The quantitative estimate of drug-likeness (QED) is 0.770. The molecule has 0 aliphatic carbocycles. The van der Waals surface area contributed by atoms with E-state index in [4.69, 9.17) is 5.73 Å². The number of nitrogens with one attached hydrogen (secondary N) is 1. The average Bonchev–Trinajstić information content (AvgIpc) is 2.95. The van der Waals surface area contributed by atoms with Crippen molar-refractivity contribution in [3.8, 4) is 0 Å². The van der Waals surface area contributed by atoms with Crippen LogP contribution in [0, 0.1) is 5.41 Å². The molecular weight excluding hydrogens is 358 g/mol. The fourth-order valence-corrected chi connectivity index (χ4v) is 3.62. The molecule has 0 bridgehead atoms. The molecule has 8 heteroatoms. The molecule has 2 rings (SSSR count). The molecule has 1 atom stereocenters. The van der Waals surface area contributed by atoms with Crippen molar-refractivity contribution >= 4 is 17.8 Å². The average molecular weight is 390 g/mol. The van der Waals surface area contributed by atoms with E-state index >= 15 is 0 Å². The summed E-state index contributed by atoms with van der Waals surface area (Å²) in [4.78, 5) is 44.0. The number of urea groups is 1. The van der Waals surface area contributed by atoms with Crippen LogP contribution in [0.5, 0.6) is 0 Å². The summed E-state index contributed by atoms with van der Waals surface area (Å²) >= 11 is 0. The topological polar surface area (TPSA) is 109 Å². The number of carbonyl (C=O) groups excluding carboxylic acids is 3. The Kier molecular flexibility index (Phi) is 6.64. The van der Waals surface area contributed by atoms with Crippen molar-refractivity contribution in [3.63, 3.8) is 0 Å². The lowest BCUT2D eigenvalue weighted by Gasteiger charge is -2.33. The molecule has 154 valence electrons. The van der Waals surface area contributed by atoms with E-state index in [1.807, 2.05) is 12.1 Å². The fourth-order valence-electron chi connectivity index (χ4n) is 3.62. The number of rotatable bonds is 6. The van der Waals surface area contributed by atoms with E-state index in [0.29, 0.717) is 24.6 Å². The van der Waals surface area contributed by atoms with Gasteiger partial charge in [0.1, 0.15) is 0 Å². The van der Waals surface area contributed by atoms with Crippen molar-refractivity contribution < 1.29 is 14.4 Å². The van der Waals surface area contributed by atoms with Crippen LogP contribution in [0.25, 0.3) is 0 Å². The smallest absolute Gasteiger partial charge is 0.312 e. The van der Waals surface area contributed by atoms with E-state index in [-0.39, 0.29) is 36.2 Å². The highest BCUT2D eigenvalue weighted by Gasteiger charge is 2.44. The van der Waals surface area contributed by atoms with Crippen molar-refractivity contribution in [1.82, 2.24) is 20.1 Å². The van der Waals surface area contributed by atoms with Crippen LogP contribution >= 0.6 is 0 Å². The maximum Gasteiger partial charge on any atom is 0.312 e. The number of amides is 4. The summed E-state index contributed by atoms with van der Waals surface area (Å²) in [5.41, 5.74) is 6.29. The molecule has 0 spiro atoms. The van der Waals surface area contributed by atoms with E-state index in [9.17, 15) is 14.4 Å². The zero-order valence-corrected chi connectivity index (χ0v) is 17.4. The van der Waals surface area contributed by atoms with Crippen LogP contribution in [0.2, 0.25) is 0 Å². The van der Waals surface area contributed by atoms with Gasteiger partial charge in [0.2, 0.25) is 5.91 Å². The second-order valence-electron chi connectivity index (χ2n) is 8.36. The summed E-state index contributed by atoms with van der Waals surface area (Å²) in [7, 11) is 1.74. The van der Waals surface area contributed by atoms with Gasteiger partial charge in [-0.1, -0.05) is 27.7 Å². The molecule has 3 N–H and O–H groups in total. The van der Waals surface area contributed by atoms with Gasteiger partial charge in [0.05, 0.1) is 11.6 Å². The lowest BCUT2D eigenvalue weighted by atomic mass is 9.87. The number of primary amides is 1. The molecular formula is C20H31N5O3. The van der Waals surface area contributed by atoms with E-state index < -0.39 is 6.03 Å². The number of likely N-dealkylation sites (N-methyl/N-ethyl adjacent to an activating group) is 1. The molecule has 1 saturated heterocycles. The van der Waals surface area contributed by atoms with Crippen molar-refractivity contribution in [2.75, 3.05) is 26.7 Å². The molecule has 4 amide bonds. The van der Waals surface area contributed by atoms with Crippen molar-refractivity contribution in [2.24, 2.45) is 11.1 Å². The highest BCUT2D eigenvalue weighted by molar-refractivity contribution is 5.94. The van der Waals surface area contributed by atoms with Crippen LogP contribution in [0.15, 0.2) is 18.3 Å². The molecule has 28 heavy (non-hydrogen) atoms. The number of nitrogens with two attached hydrogens (primary N) is 1. The maximum absolute atomic E-state index is 12.9. The second kappa shape index (κ2) is 8.58. The monoisotopic (exact) mass is 389 g/mol. The van der Waals surface area contributed by atoms with Gasteiger partial charge < -0.3 is 20.9 Å². The minimum atomic E-state index is -0.648. The molecule has 0 radical (unpaired) electrons. The first kappa shape index (κ1) is 21.7. The molecule has 1 unspecified atom stereocenters.